The minimum Gasteiger partial charge on any atom is -0.345 e. The molecule has 0 bridgehead atoms. The Morgan fingerprint density at radius 1 is 1.08 bits per heavy atom. The van der Waals surface area contributed by atoms with Crippen LogP contribution in [0, 0.1) is 5.41 Å². The zero-order valence-corrected chi connectivity index (χ0v) is 14.2. The van der Waals surface area contributed by atoms with Crippen molar-refractivity contribution in [3.63, 3.8) is 0 Å². The Kier molecular flexibility index (Phi) is 3.37. The van der Waals surface area contributed by atoms with Crippen molar-refractivity contribution in [3.8, 4) is 0 Å². The number of fused-ring (bicyclic) bond motifs is 1. The largest absolute Gasteiger partial charge is 0.345 e. The number of aromatic nitrogens is 2. The van der Waals surface area contributed by atoms with Gasteiger partial charge in [0.1, 0.15) is 5.69 Å². The lowest BCUT2D eigenvalue weighted by atomic mass is 9.77. The molecule has 24 heavy (non-hydrogen) atoms. The maximum absolute atomic E-state index is 13.0. The normalized spacial score (nSPS) is 20.3. The molecule has 0 aliphatic carbocycles. The summed E-state index contributed by atoms with van der Waals surface area (Å²) in [6.07, 6.45) is 2.44. The van der Waals surface area contributed by atoms with Gasteiger partial charge >= 0.3 is 0 Å². The van der Waals surface area contributed by atoms with E-state index in [4.69, 9.17) is 0 Å². The van der Waals surface area contributed by atoms with Crippen molar-refractivity contribution in [1.82, 2.24) is 19.6 Å². The molecule has 1 aromatic carbocycles. The molecule has 0 unspecified atom stereocenters. The highest BCUT2D eigenvalue weighted by atomic mass is 16.2. The SMILES string of the molecule is CN1CCC2(CCN(C(=O)c3c4ccccc4nn3C)CC2)C1=O. The molecular weight excluding hydrogens is 304 g/mol. The number of carbonyl (C=O) groups excluding carboxylic acids is 2. The summed E-state index contributed by atoms with van der Waals surface area (Å²) < 4.78 is 1.67. The van der Waals surface area contributed by atoms with Crippen molar-refractivity contribution in [2.45, 2.75) is 19.3 Å². The minimum atomic E-state index is -0.236. The second kappa shape index (κ2) is 5.33. The highest BCUT2D eigenvalue weighted by molar-refractivity contribution is 6.05. The molecular formula is C18H22N4O2. The van der Waals surface area contributed by atoms with E-state index in [9.17, 15) is 9.59 Å². The third-order valence-corrected chi connectivity index (χ3v) is 5.68. The molecule has 0 atom stereocenters. The molecule has 2 amide bonds. The van der Waals surface area contributed by atoms with Crippen molar-refractivity contribution in [3.05, 3.63) is 30.0 Å². The molecule has 0 saturated carbocycles. The van der Waals surface area contributed by atoms with Crippen LogP contribution in [0.3, 0.4) is 0 Å². The average molecular weight is 326 g/mol. The molecule has 126 valence electrons. The first-order valence-corrected chi connectivity index (χ1v) is 8.48. The zero-order chi connectivity index (χ0) is 16.9. The van der Waals surface area contributed by atoms with E-state index in [1.54, 1.807) is 4.68 Å². The van der Waals surface area contributed by atoms with Gasteiger partial charge in [-0.25, -0.2) is 0 Å². The van der Waals surface area contributed by atoms with E-state index in [1.165, 1.54) is 0 Å². The lowest BCUT2D eigenvalue weighted by Crippen LogP contribution is -2.46. The van der Waals surface area contributed by atoms with Crippen molar-refractivity contribution in [2.24, 2.45) is 12.5 Å². The third kappa shape index (κ3) is 2.12. The molecule has 6 nitrogen and oxygen atoms in total. The van der Waals surface area contributed by atoms with Crippen LogP contribution in [0.1, 0.15) is 29.8 Å². The fraction of sp³-hybridized carbons (Fsp3) is 0.500. The van der Waals surface area contributed by atoms with Crippen LogP contribution in [0.5, 0.6) is 0 Å². The summed E-state index contributed by atoms with van der Waals surface area (Å²) in [6.45, 7) is 2.11. The number of carbonyl (C=O) groups is 2. The van der Waals surface area contributed by atoms with E-state index < -0.39 is 0 Å². The third-order valence-electron chi connectivity index (χ3n) is 5.68. The predicted octanol–water partition coefficient (Wildman–Crippen LogP) is 1.66. The number of piperidine rings is 1. The van der Waals surface area contributed by atoms with E-state index in [1.807, 2.05) is 48.2 Å². The molecule has 2 saturated heterocycles. The summed E-state index contributed by atoms with van der Waals surface area (Å²) in [5, 5.41) is 5.32. The summed E-state index contributed by atoms with van der Waals surface area (Å²) in [5.41, 5.74) is 1.24. The Morgan fingerprint density at radius 2 is 1.75 bits per heavy atom. The standard InChI is InChI=1S/C18H22N4O2/c1-20-10-7-18(17(20)24)8-11-22(12-9-18)16(23)15-13-5-3-4-6-14(13)19-21(15)2/h3-6H,7-12H2,1-2H3. The Bertz CT molecular complexity index is 818. The summed E-state index contributed by atoms with van der Waals surface area (Å²) >= 11 is 0. The van der Waals surface area contributed by atoms with E-state index in [0.29, 0.717) is 18.8 Å². The summed E-state index contributed by atoms with van der Waals surface area (Å²) in [6, 6.07) is 7.72. The molecule has 2 aliphatic heterocycles. The van der Waals surface area contributed by atoms with Crippen LogP contribution in [0.25, 0.3) is 10.9 Å². The van der Waals surface area contributed by atoms with Gasteiger partial charge in [0.15, 0.2) is 0 Å². The van der Waals surface area contributed by atoms with E-state index in [-0.39, 0.29) is 17.2 Å². The molecule has 1 spiro atoms. The van der Waals surface area contributed by atoms with E-state index in [2.05, 4.69) is 5.10 Å². The smallest absolute Gasteiger partial charge is 0.272 e. The van der Waals surface area contributed by atoms with Gasteiger partial charge in [0, 0.05) is 39.1 Å². The molecule has 2 fully saturated rings. The molecule has 0 N–H and O–H groups in total. The molecule has 1 aromatic heterocycles. The molecule has 4 rings (SSSR count). The number of aryl methyl sites for hydroxylation is 1. The van der Waals surface area contributed by atoms with Crippen LogP contribution in [0.15, 0.2) is 24.3 Å². The number of benzene rings is 1. The molecule has 6 heteroatoms. The summed E-state index contributed by atoms with van der Waals surface area (Å²) in [4.78, 5) is 29.1. The quantitative estimate of drug-likeness (QED) is 0.801. The van der Waals surface area contributed by atoms with Gasteiger partial charge in [0.25, 0.3) is 5.91 Å². The summed E-state index contributed by atoms with van der Waals surface area (Å²) in [5.74, 6) is 0.264. The van der Waals surface area contributed by atoms with Gasteiger partial charge in [-0.3, -0.25) is 14.3 Å². The Morgan fingerprint density at radius 3 is 2.42 bits per heavy atom. The predicted molar refractivity (Wildman–Crippen MR) is 90.5 cm³/mol. The monoisotopic (exact) mass is 326 g/mol. The maximum Gasteiger partial charge on any atom is 0.272 e. The van der Waals surface area contributed by atoms with Crippen LogP contribution < -0.4 is 0 Å². The van der Waals surface area contributed by atoms with Crippen LogP contribution in [-0.4, -0.2) is 58.1 Å². The van der Waals surface area contributed by atoms with Gasteiger partial charge in [-0.1, -0.05) is 18.2 Å². The van der Waals surface area contributed by atoms with Gasteiger partial charge in [-0.2, -0.15) is 5.10 Å². The molecule has 2 aliphatic rings. The van der Waals surface area contributed by atoms with Gasteiger partial charge in [0.2, 0.25) is 5.91 Å². The second-order valence-corrected chi connectivity index (χ2v) is 7.04. The Balaban J connectivity index is 1.56. The van der Waals surface area contributed by atoms with Crippen LogP contribution >= 0.6 is 0 Å². The van der Waals surface area contributed by atoms with Crippen LogP contribution in [0.2, 0.25) is 0 Å². The fourth-order valence-electron chi connectivity index (χ4n) is 4.15. The number of amides is 2. The maximum atomic E-state index is 13.0. The van der Waals surface area contributed by atoms with Crippen molar-refractivity contribution < 1.29 is 9.59 Å². The van der Waals surface area contributed by atoms with Gasteiger partial charge < -0.3 is 9.80 Å². The van der Waals surface area contributed by atoms with Gasteiger partial charge in [0.05, 0.1) is 10.9 Å². The molecule has 2 aromatic rings. The van der Waals surface area contributed by atoms with E-state index in [0.717, 1.165) is 36.7 Å². The van der Waals surface area contributed by atoms with E-state index >= 15 is 0 Å². The number of rotatable bonds is 1. The first-order valence-electron chi connectivity index (χ1n) is 8.48. The zero-order valence-electron chi connectivity index (χ0n) is 14.2. The van der Waals surface area contributed by atoms with Crippen molar-refractivity contribution in [1.29, 1.82) is 0 Å². The Labute approximate surface area is 141 Å². The summed E-state index contributed by atoms with van der Waals surface area (Å²) in [7, 11) is 3.69. The number of nitrogens with zero attached hydrogens (tertiary/aromatic N) is 4. The lowest BCUT2D eigenvalue weighted by Gasteiger charge is -2.37. The Hall–Kier alpha value is -2.37. The van der Waals surface area contributed by atoms with Crippen molar-refractivity contribution >= 4 is 22.7 Å². The number of hydrogen-bond acceptors (Lipinski definition) is 3. The van der Waals surface area contributed by atoms with Gasteiger partial charge in [-0.05, 0) is 25.3 Å². The second-order valence-electron chi connectivity index (χ2n) is 7.04. The fourth-order valence-corrected chi connectivity index (χ4v) is 4.15. The van der Waals surface area contributed by atoms with Crippen LogP contribution in [0.4, 0.5) is 0 Å². The highest BCUT2D eigenvalue weighted by Gasteiger charge is 2.47. The first-order chi connectivity index (χ1) is 11.5. The van der Waals surface area contributed by atoms with Crippen LogP contribution in [-0.2, 0) is 11.8 Å². The minimum absolute atomic E-state index is 0.0138. The molecule has 0 radical (unpaired) electrons. The average Bonchev–Trinajstić information content (AvgIpc) is 3.07. The topological polar surface area (TPSA) is 58.4 Å². The van der Waals surface area contributed by atoms with Crippen molar-refractivity contribution in [2.75, 3.05) is 26.7 Å². The van der Waals surface area contributed by atoms with Gasteiger partial charge in [-0.15, -0.1) is 0 Å². The molecule has 3 heterocycles. The lowest BCUT2D eigenvalue weighted by molar-refractivity contribution is -0.137. The number of hydrogen-bond donors (Lipinski definition) is 0. The highest BCUT2D eigenvalue weighted by Crippen LogP contribution is 2.41. The number of likely N-dealkylation sites (tertiary alicyclic amines) is 2. The first kappa shape index (κ1) is 15.2.